The minimum atomic E-state index is -0.676. The standard InChI is InChI=1S/C10H15NO3/c1-6(12)10(2,3)7-4-5-8(13)11-9(7)14/h7H,4-5H2,1-3H3,(H,11,13,14)/t7-/m0/s1. The first-order valence-electron chi connectivity index (χ1n) is 4.70. The van der Waals surface area contributed by atoms with E-state index in [-0.39, 0.29) is 23.5 Å². The number of amides is 2. The van der Waals surface area contributed by atoms with Crippen LogP contribution in [0.2, 0.25) is 0 Å². The molecule has 0 aliphatic carbocycles. The van der Waals surface area contributed by atoms with Gasteiger partial charge in [-0.05, 0) is 13.3 Å². The van der Waals surface area contributed by atoms with Gasteiger partial charge in [0.2, 0.25) is 11.8 Å². The largest absolute Gasteiger partial charge is 0.299 e. The van der Waals surface area contributed by atoms with Gasteiger partial charge in [-0.1, -0.05) is 13.8 Å². The van der Waals surface area contributed by atoms with Gasteiger partial charge >= 0.3 is 0 Å². The van der Waals surface area contributed by atoms with Gasteiger partial charge in [0.1, 0.15) is 5.78 Å². The topological polar surface area (TPSA) is 63.2 Å². The van der Waals surface area contributed by atoms with Gasteiger partial charge in [-0.2, -0.15) is 0 Å². The van der Waals surface area contributed by atoms with E-state index in [1.54, 1.807) is 13.8 Å². The van der Waals surface area contributed by atoms with E-state index in [0.717, 1.165) is 0 Å². The highest BCUT2D eigenvalue weighted by Crippen LogP contribution is 2.33. The molecule has 1 fully saturated rings. The molecule has 78 valence electrons. The lowest BCUT2D eigenvalue weighted by Crippen LogP contribution is -2.48. The fourth-order valence-corrected chi connectivity index (χ4v) is 1.63. The molecule has 1 atom stereocenters. The molecule has 0 aromatic heterocycles. The van der Waals surface area contributed by atoms with Crippen molar-refractivity contribution >= 4 is 17.6 Å². The lowest BCUT2D eigenvalue weighted by molar-refractivity contribution is -0.144. The van der Waals surface area contributed by atoms with Crippen LogP contribution in [0.3, 0.4) is 0 Å². The van der Waals surface area contributed by atoms with Gasteiger partial charge in [0.05, 0.1) is 5.92 Å². The summed E-state index contributed by atoms with van der Waals surface area (Å²) in [7, 11) is 0. The Balaban J connectivity index is 2.84. The third-order valence-electron chi connectivity index (χ3n) is 3.02. The molecular formula is C10H15NO3. The van der Waals surface area contributed by atoms with Gasteiger partial charge < -0.3 is 0 Å². The summed E-state index contributed by atoms with van der Waals surface area (Å²) in [5.74, 6) is -0.961. The first-order chi connectivity index (χ1) is 6.35. The fraction of sp³-hybridized carbons (Fsp3) is 0.700. The van der Waals surface area contributed by atoms with Crippen LogP contribution in [-0.4, -0.2) is 17.6 Å². The van der Waals surface area contributed by atoms with Crippen LogP contribution in [0.4, 0.5) is 0 Å². The van der Waals surface area contributed by atoms with Crippen LogP contribution < -0.4 is 5.32 Å². The van der Waals surface area contributed by atoms with Gasteiger partial charge in [-0.3, -0.25) is 19.7 Å². The van der Waals surface area contributed by atoms with Gasteiger partial charge in [0, 0.05) is 11.8 Å². The SMILES string of the molecule is CC(=O)C(C)(C)[C@H]1CCC(=O)NC1=O. The number of nitrogens with one attached hydrogen (secondary N) is 1. The number of hydrogen-bond acceptors (Lipinski definition) is 3. The van der Waals surface area contributed by atoms with Gasteiger partial charge in [0.15, 0.2) is 0 Å². The highest BCUT2D eigenvalue weighted by Gasteiger charge is 2.41. The van der Waals surface area contributed by atoms with Gasteiger partial charge in [-0.15, -0.1) is 0 Å². The van der Waals surface area contributed by atoms with Crippen LogP contribution in [0.25, 0.3) is 0 Å². The van der Waals surface area contributed by atoms with E-state index in [4.69, 9.17) is 0 Å². The summed E-state index contributed by atoms with van der Waals surface area (Å²) in [6.45, 7) is 4.97. The highest BCUT2D eigenvalue weighted by molar-refractivity contribution is 6.01. The molecule has 1 aliphatic rings. The van der Waals surface area contributed by atoms with E-state index in [1.807, 2.05) is 0 Å². The Labute approximate surface area is 83.1 Å². The third-order valence-corrected chi connectivity index (χ3v) is 3.02. The molecule has 0 bridgehead atoms. The highest BCUT2D eigenvalue weighted by atomic mass is 16.2. The lowest BCUT2D eigenvalue weighted by Gasteiger charge is -2.33. The fourth-order valence-electron chi connectivity index (χ4n) is 1.63. The van der Waals surface area contributed by atoms with Crippen molar-refractivity contribution in [2.45, 2.75) is 33.6 Å². The van der Waals surface area contributed by atoms with Crippen molar-refractivity contribution in [2.24, 2.45) is 11.3 Å². The average molecular weight is 197 g/mol. The predicted molar refractivity (Wildman–Crippen MR) is 50.3 cm³/mol. The molecule has 0 radical (unpaired) electrons. The minimum Gasteiger partial charge on any atom is -0.299 e. The second-order valence-electron chi connectivity index (χ2n) is 4.28. The monoisotopic (exact) mass is 197 g/mol. The van der Waals surface area contributed by atoms with Crippen molar-refractivity contribution in [3.63, 3.8) is 0 Å². The second kappa shape index (κ2) is 3.52. The smallest absolute Gasteiger partial charge is 0.230 e. The first kappa shape index (κ1) is 10.9. The van der Waals surface area contributed by atoms with Crippen molar-refractivity contribution in [1.82, 2.24) is 5.32 Å². The molecule has 1 aliphatic heterocycles. The number of rotatable bonds is 2. The van der Waals surface area contributed by atoms with E-state index in [2.05, 4.69) is 5.32 Å². The van der Waals surface area contributed by atoms with Crippen molar-refractivity contribution in [1.29, 1.82) is 0 Å². The first-order valence-corrected chi connectivity index (χ1v) is 4.70. The molecule has 14 heavy (non-hydrogen) atoms. The zero-order chi connectivity index (χ0) is 10.9. The molecular weight excluding hydrogens is 182 g/mol. The molecule has 0 spiro atoms. The Morgan fingerprint density at radius 1 is 1.43 bits per heavy atom. The average Bonchev–Trinajstić information content (AvgIpc) is 2.02. The molecule has 0 aromatic carbocycles. The Bertz CT molecular complexity index is 294. The molecule has 2 amide bonds. The Morgan fingerprint density at radius 2 is 2.00 bits per heavy atom. The normalized spacial score (nSPS) is 23.2. The lowest BCUT2D eigenvalue weighted by atomic mass is 9.72. The van der Waals surface area contributed by atoms with E-state index in [0.29, 0.717) is 12.8 Å². The van der Waals surface area contributed by atoms with Crippen LogP contribution in [0.1, 0.15) is 33.6 Å². The minimum absolute atomic E-state index is 0.0213. The number of imide groups is 1. The summed E-state index contributed by atoms with van der Waals surface area (Å²) in [4.78, 5) is 33.7. The maximum atomic E-state index is 11.5. The van der Waals surface area contributed by atoms with Crippen molar-refractivity contribution in [3.05, 3.63) is 0 Å². The number of Topliss-reactive ketones (excluding diaryl/α,β-unsaturated/α-hetero) is 1. The van der Waals surface area contributed by atoms with Crippen molar-refractivity contribution < 1.29 is 14.4 Å². The molecule has 1 N–H and O–H groups in total. The van der Waals surface area contributed by atoms with Crippen LogP contribution in [0.15, 0.2) is 0 Å². The summed E-state index contributed by atoms with van der Waals surface area (Å²) < 4.78 is 0. The third kappa shape index (κ3) is 1.84. The molecule has 4 nitrogen and oxygen atoms in total. The molecule has 1 saturated heterocycles. The van der Waals surface area contributed by atoms with Crippen molar-refractivity contribution in [3.8, 4) is 0 Å². The second-order valence-corrected chi connectivity index (χ2v) is 4.28. The Morgan fingerprint density at radius 3 is 2.43 bits per heavy atom. The molecule has 0 aromatic rings. The zero-order valence-corrected chi connectivity index (χ0v) is 8.72. The number of hydrogen-bond donors (Lipinski definition) is 1. The molecule has 0 saturated carbocycles. The Hall–Kier alpha value is -1.19. The van der Waals surface area contributed by atoms with Crippen LogP contribution in [-0.2, 0) is 14.4 Å². The predicted octanol–water partition coefficient (Wildman–Crippen LogP) is 0.654. The molecule has 4 heteroatoms. The summed E-state index contributed by atoms with van der Waals surface area (Å²) in [6, 6.07) is 0. The zero-order valence-electron chi connectivity index (χ0n) is 8.72. The molecule has 1 heterocycles. The molecule has 1 rings (SSSR count). The van der Waals surface area contributed by atoms with E-state index < -0.39 is 5.41 Å². The van der Waals surface area contributed by atoms with Crippen molar-refractivity contribution in [2.75, 3.05) is 0 Å². The molecule has 0 unspecified atom stereocenters. The van der Waals surface area contributed by atoms with Crippen LogP contribution in [0.5, 0.6) is 0 Å². The van der Waals surface area contributed by atoms with Crippen LogP contribution >= 0.6 is 0 Å². The Kier molecular flexibility index (Phi) is 2.73. The summed E-state index contributed by atoms with van der Waals surface area (Å²) in [5, 5.41) is 2.26. The van der Waals surface area contributed by atoms with Crippen LogP contribution in [0, 0.1) is 11.3 Å². The number of piperidine rings is 1. The maximum absolute atomic E-state index is 11.5. The van der Waals surface area contributed by atoms with Gasteiger partial charge in [-0.25, -0.2) is 0 Å². The van der Waals surface area contributed by atoms with E-state index in [9.17, 15) is 14.4 Å². The maximum Gasteiger partial charge on any atom is 0.230 e. The summed E-state index contributed by atoms with van der Waals surface area (Å²) in [5.41, 5.74) is -0.676. The number of carbonyl (C=O) groups is 3. The quantitative estimate of drug-likeness (QED) is 0.661. The van der Waals surface area contributed by atoms with E-state index >= 15 is 0 Å². The number of ketones is 1. The summed E-state index contributed by atoms with van der Waals surface area (Å²) >= 11 is 0. The van der Waals surface area contributed by atoms with Gasteiger partial charge in [0.25, 0.3) is 0 Å². The van der Waals surface area contributed by atoms with E-state index in [1.165, 1.54) is 6.92 Å². The number of carbonyl (C=O) groups excluding carboxylic acids is 3. The summed E-state index contributed by atoms with van der Waals surface area (Å²) in [6.07, 6.45) is 0.796.